The van der Waals surface area contributed by atoms with Gasteiger partial charge >= 0.3 is 5.97 Å². The van der Waals surface area contributed by atoms with Crippen molar-refractivity contribution in [3.05, 3.63) is 0 Å². The van der Waals surface area contributed by atoms with E-state index in [0.717, 1.165) is 0 Å². The molecule has 0 radical (unpaired) electrons. The smallest absolute Gasteiger partial charge is 0.305 e. The van der Waals surface area contributed by atoms with E-state index in [0.29, 0.717) is 13.0 Å². The molecular weight excluding hydrogens is 160 g/mol. The second kappa shape index (κ2) is 5.11. The summed E-state index contributed by atoms with van der Waals surface area (Å²) < 4.78 is 4.98. The third-order valence-electron chi connectivity index (χ3n) is 1.32. The molecule has 0 aliphatic carbocycles. The summed E-state index contributed by atoms with van der Waals surface area (Å²) in [6.45, 7) is 3.99. The number of hydrogen-bond acceptors (Lipinski definition) is 3. The van der Waals surface area contributed by atoms with E-state index >= 15 is 0 Å². The standard InChI is InChI=1S/C8H16O4/c1-8(2,11)4-6-12-5-3-7(9)10/h11H,3-6H2,1-2H3,(H,9,10). The molecule has 0 aliphatic heterocycles. The molecule has 0 heterocycles. The van der Waals surface area contributed by atoms with Gasteiger partial charge in [-0.1, -0.05) is 0 Å². The van der Waals surface area contributed by atoms with Crippen molar-refractivity contribution in [2.24, 2.45) is 0 Å². The van der Waals surface area contributed by atoms with E-state index in [9.17, 15) is 9.90 Å². The molecule has 0 amide bonds. The molecule has 0 unspecified atom stereocenters. The summed E-state index contributed by atoms with van der Waals surface area (Å²) in [4.78, 5) is 10.0. The van der Waals surface area contributed by atoms with Gasteiger partial charge in [-0.25, -0.2) is 0 Å². The molecule has 0 saturated carbocycles. The van der Waals surface area contributed by atoms with Crippen LogP contribution in [0.5, 0.6) is 0 Å². The molecule has 0 aromatic heterocycles. The number of aliphatic carboxylic acids is 1. The van der Waals surface area contributed by atoms with Crippen molar-refractivity contribution in [2.75, 3.05) is 13.2 Å². The summed E-state index contributed by atoms with van der Waals surface area (Å²) >= 11 is 0. The third-order valence-corrected chi connectivity index (χ3v) is 1.32. The number of carboxylic acids is 1. The SMILES string of the molecule is CC(C)(O)CCOCCC(=O)O. The highest BCUT2D eigenvalue weighted by Gasteiger charge is 2.11. The summed E-state index contributed by atoms with van der Waals surface area (Å²) in [5, 5.41) is 17.5. The van der Waals surface area contributed by atoms with Crippen molar-refractivity contribution in [1.82, 2.24) is 0 Å². The second-order valence-corrected chi connectivity index (χ2v) is 3.32. The summed E-state index contributed by atoms with van der Waals surface area (Å²) in [7, 11) is 0. The molecule has 0 rings (SSSR count). The lowest BCUT2D eigenvalue weighted by molar-refractivity contribution is -0.138. The molecule has 0 saturated heterocycles. The zero-order chi connectivity index (χ0) is 9.61. The normalized spacial score (nSPS) is 11.6. The van der Waals surface area contributed by atoms with Gasteiger partial charge in [0.05, 0.1) is 18.6 Å². The number of carbonyl (C=O) groups is 1. The summed E-state index contributed by atoms with van der Waals surface area (Å²) in [5.74, 6) is -0.863. The molecule has 12 heavy (non-hydrogen) atoms. The second-order valence-electron chi connectivity index (χ2n) is 3.32. The number of rotatable bonds is 6. The van der Waals surface area contributed by atoms with Crippen LogP contribution in [-0.2, 0) is 9.53 Å². The van der Waals surface area contributed by atoms with Crippen LogP contribution in [0.3, 0.4) is 0 Å². The lowest BCUT2D eigenvalue weighted by atomic mass is 10.1. The van der Waals surface area contributed by atoms with Gasteiger partial charge in [0, 0.05) is 6.61 Å². The molecule has 0 bridgehead atoms. The van der Waals surface area contributed by atoms with Gasteiger partial charge in [0.25, 0.3) is 0 Å². The first-order valence-electron chi connectivity index (χ1n) is 3.94. The predicted octanol–water partition coefficient (Wildman–Crippen LogP) is 0.639. The molecule has 4 nitrogen and oxygen atoms in total. The highest BCUT2D eigenvalue weighted by Crippen LogP contribution is 2.06. The number of hydrogen-bond donors (Lipinski definition) is 2. The molecular formula is C8H16O4. The first kappa shape index (κ1) is 11.4. The van der Waals surface area contributed by atoms with Crippen molar-refractivity contribution in [3.8, 4) is 0 Å². The van der Waals surface area contributed by atoms with Gasteiger partial charge in [-0.3, -0.25) is 4.79 Å². The topological polar surface area (TPSA) is 66.8 Å². The van der Waals surface area contributed by atoms with Crippen molar-refractivity contribution in [1.29, 1.82) is 0 Å². The average Bonchev–Trinajstić information content (AvgIpc) is 1.83. The fraction of sp³-hybridized carbons (Fsp3) is 0.875. The van der Waals surface area contributed by atoms with E-state index in [1.807, 2.05) is 0 Å². The molecule has 4 heteroatoms. The van der Waals surface area contributed by atoms with Gasteiger partial charge in [-0.05, 0) is 20.3 Å². The van der Waals surface area contributed by atoms with E-state index in [4.69, 9.17) is 9.84 Å². The molecule has 0 aromatic rings. The van der Waals surface area contributed by atoms with Crippen molar-refractivity contribution in [3.63, 3.8) is 0 Å². The van der Waals surface area contributed by atoms with Gasteiger partial charge < -0.3 is 14.9 Å². The Morgan fingerprint density at radius 3 is 2.42 bits per heavy atom. The summed E-state index contributed by atoms with van der Waals surface area (Å²) in [5.41, 5.74) is -0.733. The highest BCUT2D eigenvalue weighted by molar-refractivity contribution is 5.66. The molecule has 2 N–H and O–H groups in total. The zero-order valence-electron chi connectivity index (χ0n) is 7.54. The molecule has 0 fully saturated rings. The fourth-order valence-corrected chi connectivity index (χ4v) is 0.583. The fourth-order valence-electron chi connectivity index (χ4n) is 0.583. The molecule has 0 aliphatic rings. The number of carboxylic acid groups (broad SMARTS) is 1. The van der Waals surface area contributed by atoms with Crippen LogP contribution in [0.15, 0.2) is 0 Å². The van der Waals surface area contributed by atoms with Gasteiger partial charge in [0.2, 0.25) is 0 Å². The quantitative estimate of drug-likeness (QED) is 0.583. The van der Waals surface area contributed by atoms with Crippen LogP contribution < -0.4 is 0 Å². The van der Waals surface area contributed by atoms with Crippen LogP contribution in [0.4, 0.5) is 0 Å². The van der Waals surface area contributed by atoms with Gasteiger partial charge in [-0.15, -0.1) is 0 Å². The van der Waals surface area contributed by atoms with Crippen molar-refractivity contribution < 1.29 is 19.7 Å². The largest absolute Gasteiger partial charge is 0.481 e. The van der Waals surface area contributed by atoms with Crippen LogP contribution in [0.25, 0.3) is 0 Å². The Kier molecular flexibility index (Phi) is 4.85. The molecule has 72 valence electrons. The maximum atomic E-state index is 10.0. The molecule has 0 spiro atoms. The average molecular weight is 176 g/mol. The first-order chi connectivity index (χ1) is 5.42. The van der Waals surface area contributed by atoms with Crippen LogP contribution in [0, 0.1) is 0 Å². The monoisotopic (exact) mass is 176 g/mol. The number of aliphatic hydroxyl groups is 1. The van der Waals surface area contributed by atoms with Crippen LogP contribution in [0.2, 0.25) is 0 Å². The van der Waals surface area contributed by atoms with Crippen LogP contribution in [0.1, 0.15) is 26.7 Å². The van der Waals surface area contributed by atoms with Crippen molar-refractivity contribution in [2.45, 2.75) is 32.3 Å². The minimum Gasteiger partial charge on any atom is -0.481 e. The number of ether oxygens (including phenoxy) is 1. The third kappa shape index (κ3) is 9.39. The van der Waals surface area contributed by atoms with Crippen LogP contribution >= 0.6 is 0 Å². The summed E-state index contributed by atoms with van der Waals surface area (Å²) in [6.07, 6.45) is 0.540. The zero-order valence-corrected chi connectivity index (χ0v) is 7.54. The minimum absolute atomic E-state index is 0.0197. The van der Waals surface area contributed by atoms with Crippen LogP contribution in [-0.4, -0.2) is 35.0 Å². The van der Waals surface area contributed by atoms with Gasteiger partial charge in [0.1, 0.15) is 0 Å². The Labute approximate surface area is 72.2 Å². The minimum atomic E-state index is -0.863. The highest BCUT2D eigenvalue weighted by atomic mass is 16.5. The van der Waals surface area contributed by atoms with Crippen molar-refractivity contribution >= 4 is 5.97 Å². The molecule has 0 aromatic carbocycles. The van der Waals surface area contributed by atoms with E-state index < -0.39 is 11.6 Å². The summed E-state index contributed by atoms with van der Waals surface area (Å²) in [6, 6.07) is 0. The van der Waals surface area contributed by atoms with E-state index in [-0.39, 0.29) is 13.0 Å². The Morgan fingerprint density at radius 1 is 1.42 bits per heavy atom. The lowest BCUT2D eigenvalue weighted by Crippen LogP contribution is -2.21. The lowest BCUT2D eigenvalue weighted by Gasteiger charge is -2.16. The van der Waals surface area contributed by atoms with E-state index in [2.05, 4.69) is 0 Å². The maximum absolute atomic E-state index is 10.0. The maximum Gasteiger partial charge on any atom is 0.305 e. The first-order valence-corrected chi connectivity index (χ1v) is 3.94. The van der Waals surface area contributed by atoms with Gasteiger partial charge in [0.15, 0.2) is 0 Å². The van der Waals surface area contributed by atoms with E-state index in [1.165, 1.54) is 0 Å². The Bertz CT molecular complexity index is 136. The Morgan fingerprint density at radius 2 is 2.00 bits per heavy atom. The predicted molar refractivity (Wildman–Crippen MR) is 44.0 cm³/mol. The Hall–Kier alpha value is -0.610. The van der Waals surface area contributed by atoms with E-state index in [1.54, 1.807) is 13.8 Å². The van der Waals surface area contributed by atoms with Gasteiger partial charge in [-0.2, -0.15) is 0 Å². The molecule has 0 atom stereocenters. The Balaban J connectivity index is 3.17.